The van der Waals surface area contributed by atoms with E-state index < -0.39 is 12.1 Å². The van der Waals surface area contributed by atoms with Crippen LogP contribution >= 0.6 is 0 Å². The van der Waals surface area contributed by atoms with Crippen molar-refractivity contribution in [2.45, 2.75) is 90.3 Å². The normalized spacial score (nSPS) is 24.7. The van der Waals surface area contributed by atoms with Crippen molar-refractivity contribution in [2.75, 3.05) is 46.7 Å². The van der Waals surface area contributed by atoms with E-state index in [1.165, 1.54) is 47.9 Å². The third-order valence-electron chi connectivity index (χ3n) is 16.2. The van der Waals surface area contributed by atoms with E-state index in [-0.39, 0.29) is 49.7 Å². The largest absolute Gasteiger partial charge is 0.396 e. The van der Waals surface area contributed by atoms with Gasteiger partial charge < -0.3 is 20.4 Å². The van der Waals surface area contributed by atoms with E-state index in [4.69, 9.17) is 0 Å². The van der Waals surface area contributed by atoms with Gasteiger partial charge in [0.2, 0.25) is 0 Å². The van der Waals surface area contributed by atoms with Crippen molar-refractivity contribution < 1.29 is 39.6 Å². The molecule has 4 aliphatic carbocycles. The molecule has 0 radical (unpaired) electrons. The summed E-state index contributed by atoms with van der Waals surface area (Å²) >= 11 is 0. The smallest absolute Gasteiger partial charge is 0.328 e. The fourth-order valence-corrected chi connectivity index (χ4v) is 12.8. The van der Waals surface area contributed by atoms with Crippen LogP contribution in [0, 0.1) is 70.0 Å². The van der Waals surface area contributed by atoms with Gasteiger partial charge in [0, 0.05) is 49.8 Å². The molecule has 18 nitrogen and oxygen atoms in total. The van der Waals surface area contributed by atoms with Gasteiger partial charge in [0.05, 0.1) is 24.3 Å². The third kappa shape index (κ3) is 9.48. The van der Waals surface area contributed by atoms with E-state index in [0.717, 1.165) is 47.9 Å². The lowest BCUT2D eigenvalue weighted by Gasteiger charge is -2.30. The first-order valence-corrected chi connectivity index (χ1v) is 24.5. The molecule has 4 saturated carbocycles. The van der Waals surface area contributed by atoms with Gasteiger partial charge in [-0.2, -0.15) is 10.5 Å². The maximum absolute atomic E-state index is 13.2. The molecule has 70 heavy (non-hydrogen) atoms. The number of aliphatic hydroxyl groups excluding tert-OH is 4. The van der Waals surface area contributed by atoms with Gasteiger partial charge in [-0.15, -0.1) is 0 Å². The van der Waals surface area contributed by atoms with E-state index in [2.05, 4.69) is 42.7 Å². The van der Waals surface area contributed by atoms with Crippen molar-refractivity contribution >= 4 is 47.9 Å². The maximum atomic E-state index is 13.2. The second-order valence-electron chi connectivity index (χ2n) is 19.7. The standard InChI is InChI=1S/2C26H29N5O4/c2*27-10-20-11-28-24(9-18(20)8-21-15-3-4-16(6-15)22(21)13-33)30-26(35)31-5-1-2-17-7-19(12-32)23(14-34)29-25(17)31/h2*7,9,11,14-16,21-22,32-33H,1-6,8,12-13H2,(H,28,30,35)/t2*15-,16+,21+,22-/m10/s1. The van der Waals surface area contributed by atoms with E-state index in [1.807, 2.05) is 0 Å². The van der Waals surface area contributed by atoms with Crippen molar-refractivity contribution in [3.05, 3.63) is 92.6 Å². The highest BCUT2D eigenvalue weighted by atomic mass is 16.3. The molecule has 4 aromatic heterocycles. The second kappa shape index (κ2) is 21.1. The Morgan fingerprint density at radius 1 is 0.614 bits per heavy atom. The number of nitrogens with zero attached hydrogens (tertiary/aromatic N) is 8. The van der Waals surface area contributed by atoms with Crippen LogP contribution in [0.2, 0.25) is 0 Å². The molecule has 6 N–H and O–H groups in total. The first kappa shape index (κ1) is 48.3. The van der Waals surface area contributed by atoms with Gasteiger partial charge in [-0.1, -0.05) is 0 Å². The molecule has 4 fully saturated rings. The first-order valence-electron chi connectivity index (χ1n) is 24.5. The Morgan fingerprint density at radius 3 is 1.37 bits per heavy atom. The van der Waals surface area contributed by atoms with Crippen LogP contribution in [-0.4, -0.2) is 91.3 Å². The molecule has 2 aliphatic heterocycles. The molecule has 0 aromatic carbocycles. The number of carbonyl (C=O) groups excluding carboxylic acids is 4. The molecule has 6 heterocycles. The summed E-state index contributed by atoms with van der Waals surface area (Å²) in [7, 11) is 0. The molecule has 4 bridgehead atoms. The minimum atomic E-state index is -0.414. The minimum absolute atomic E-state index is 0.119. The molecule has 18 heteroatoms. The van der Waals surface area contributed by atoms with Crippen LogP contribution in [0.5, 0.6) is 0 Å². The predicted octanol–water partition coefficient (Wildman–Crippen LogP) is 5.67. The summed E-state index contributed by atoms with van der Waals surface area (Å²) < 4.78 is 0. The van der Waals surface area contributed by atoms with E-state index >= 15 is 0 Å². The van der Waals surface area contributed by atoms with Crippen molar-refractivity contribution in [3.63, 3.8) is 0 Å². The number of aromatic nitrogens is 4. The first-order chi connectivity index (χ1) is 34.1. The fourth-order valence-electron chi connectivity index (χ4n) is 12.8. The Kier molecular flexibility index (Phi) is 14.6. The van der Waals surface area contributed by atoms with E-state index in [1.54, 1.807) is 24.3 Å². The number of fused-ring (bicyclic) bond motifs is 6. The Bertz CT molecular complexity index is 2570. The van der Waals surface area contributed by atoms with Gasteiger partial charge in [-0.3, -0.25) is 30.0 Å². The summed E-state index contributed by atoms with van der Waals surface area (Å²) in [5, 5.41) is 63.9. The number of anilines is 4. The van der Waals surface area contributed by atoms with E-state index in [9.17, 15) is 50.1 Å². The predicted molar refractivity (Wildman–Crippen MR) is 256 cm³/mol. The molecule has 8 atom stereocenters. The van der Waals surface area contributed by atoms with Crippen LogP contribution in [0.1, 0.15) is 117 Å². The van der Waals surface area contributed by atoms with Crippen LogP contribution in [-0.2, 0) is 38.9 Å². The Balaban J connectivity index is 0.000000174. The lowest BCUT2D eigenvalue weighted by molar-refractivity contribution is 0.110. The van der Waals surface area contributed by atoms with Crippen LogP contribution in [0.15, 0.2) is 36.7 Å². The number of aldehydes is 2. The number of aliphatic hydroxyl groups is 4. The number of amides is 4. The number of nitriles is 2. The summed E-state index contributed by atoms with van der Waals surface area (Å²) in [5.41, 5.74) is 5.38. The lowest BCUT2D eigenvalue weighted by Crippen LogP contribution is -2.40. The quantitative estimate of drug-likeness (QED) is 0.0934. The molecule has 6 aliphatic rings. The maximum Gasteiger partial charge on any atom is 0.328 e. The Hall–Kier alpha value is -6.70. The number of hydrogen-bond acceptors (Lipinski definition) is 14. The highest BCUT2D eigenvalue weighted by Crippen LogP contribution is 2.54. The topological polar surface area (TPSA) is 279 Å². The van der Waals surface area contributed by atoms with Crippen LogP contribution < -0.4 is 20.4 Å². The molecular weight excluding hydrogens is 893 g/mol. The summed E-state index contributed by atoms with van der Waals surface area (Å²) in [6.45, 7) is 0.635. The summed E-state index contributed by atoms with van der Waals surface area (Å²) in [6.07, 6.45) is 15.4. The summed E-state index contributed by atoms with van der Waals surface area (Å²) in [5.74, 6) is 4.98. The monoisotopic (exact) mass is 950 g/mol. The third-order valence-corrected chi connectivity index (χ3v) is 16.2. The van der Waals surface area contributed by atoms with E-state index in [0.29, 0.717) is 132 Å². The van der Waals surface area contributed by atoms with Crippen LogP contribution in [0.4, 0.5) is 32.9 Å². The summed E-state index contributed by atoms with van der Waals surface area (Å²) in [6, 6.07) is 10.6. The van der Waals surface area contributed by atoms with Crippen molar-refractivity contribution in [1.82, 2.24) is 19.9 Å². The van der Waals surface area contributed by atoms with Crippen molar-refractivity contribution in [1.29, 1.82) is 10.5 Å². The lowest BCUT2D eigenvalue weighted by atomic mass is 9.76. The van der Waals surface area contributed by atoms with Crippen LogP contribution in [0.25, 0.3) is 0 Å². The molecular formula is C52H58N10O8. The highest BCUT2D eigenvalue weighted by molar-refractivity contribution is 6.02. The SMILES string of the molecule is N#Cc1cnc(NC(=O)N2CCCc3cc(CO)c(C=O)nc32)cc1C[C@@H]1[C@H]2CC[C@H](C2)[C@@H]1CO.N#Cc1cnc(NC(=O)N2CCCc3cc(CO)c(C=O)nc32)cc1C[C@H]1[C@@H]2CC[C@@H](C2)[C@H]1CO. The van der Waals surface area contributed by atoms with Gasteiger partial charge in [-0.05, 0) is 171 Å². The molecule has 4 amide bonds. The molecule has 0 unspecified atom stereocenters. The molecule has 0 spiro atoms. The number of pyridine rings is 4. The zero-order valence-corrected chi connectivity index (χ0v) is 39.0. The molecule has 364 valence electrons. The molecule has 10 rings (SSSR count). The van der Waals surface area contributed by atoms with Crippen LogP contribution in [0.3, 0.4) is 0 Å². The Morgan fingerprint density at radius 2 is 1.01 bits per heavy atom. The van der Waals surface area contributed by atoms with Gasteiger partial charge in [0.15, 0.2) is 12.6 Å². The Labute approximate surface area is 405 Å². The minimum Gasteiger partial charge on any atom is -0.396 e. The van der Waals surface area contributed by atoms with Gasteiger partial charge >= 0.3 is 12.1 Å². The highest BCUT2D eigenvalue weighted by Gasteiger charge is 2.48. The molecule has 4 aromatic rings. The second-order valence-corrected chi connectivity index (χ2v) is 19.7. The van der Waals surface area contributed by atoms with Gasteiger partial charge in [0.1, 0.15) is 46.8 Å². The summed E-state index contributed by atoms with van der Waals surface area (Å²) in [4.78, 5) is 69.5. The zero-order chi connectivity index (χ0) is 49.1. The van der Waals surface area contributed by atoms with Crippen molar-refractivity contribution in [2.24, 2.45) is 47.3 Å². The number of aryl methyl sites for hydroxylation is 2. The average Bonchev–Trinajstić information content (AvgIpc) is 4.21. The zero-order valence-electron chi connectivity index (χ0n) is 39.0. The number of carbonyl (C=O) groups is 4. The van der Waals surface area contributed by atoms with Crippen molar-refractivity contribution in [3.8, 4) is 12.1 Å². The number of hydrogen-bond donors (Lipinski definition) is 6. The molecule has 0 saturated heterocycles. The number of urea groups is 2. The average molecular weight is 951 g/mol. The number of rotatable bonds is 12. The van der Waals surface area contributed by atoms with Gasteiger partial charge in [0.25, 0.3) is 0 Å². The number of nitrogens with one attached hydrogen (secondary N) is 2. The van der Waals surface area contributed by atoms with Gasteiger partial charge in [-0.25, -0.2) is 29.5 Å². The fraction of sp³-hybridized carbons (Fsp3) is 0.500.